The number of aryl methyl sites for hydroxylation is 1. The highest BCUT2D eigenvalue weighted by Gasteiger charge is 2.24. The minimum atomic E-state index is 0.544. The van der Waals surface area contributed by atoms with Gasteiger partial charge in [0.15, 0.2) is 0 Å². The van der Waals surface area contributed by atoms with Crippen molar-refractivity contribution in [1.82, 2.24) is 9.97 Å². The third-order valence-corrected chi connectivity index (χ3v) is 3.92. The average molecular weight is 276 g/mol. The summed E-state index contributed by atoms with van der Waals surface area (Å²) in [7, 11) is 0. The van der Waals surface area contributed by atoms with Crippen LogP contribution in [-0.4, -0.2) is 22.6 Å². The summed E-state index contributed by atoms with van der Waals surface area (Å²) in [5, 5.41) is 6.95. The number of rotatable bonds is 5. The van der Waals surface area contributed by atoms with E-state index in [1.165, 1.54) is 19.3 Å². The van der Waals surface area contributed by atoms with E-state index < -0.39 is 0 Å². The van der Waals surface area contributed by atoms with Crippen LogP contribution in [0.4, 0.5) is 11.6 Å². The largest absolute Gasteiger partial charge is 0.370 e. The van der Waals surface area contributed by atoms with Crippen LogP contribution in [0.2, 0.25) is 0 Å². The van der Waals surface area contributed by atoms with Gasteiger partial charge in [-0.1, -0.05) is 20.8 Å². The summed E-state index contributed by atoms with van der Waals surface area (Å²) in [6.07, 6.45) is 4.93. The lowest BCUT2D eigenvalue weighted by Crippen LogP contribution is -2.30. The Labute approximate surface area is 122 Å². The standard InChI is InChI=1S/C16H28N4/c1-5-6-17-15-10-16(19-13(4)18-15)20-14-8-11(2)7-12(3)9-14/h10-12,14H,5-9H2,1-4H3,(H2,17,18,19,20). The Hall–Kier alpha value is -1.32. The van der Waals surface area contributed by atoms with Gasteiger partial charge in [0, 0.05) is 18.7 Å². The first-order valence-corrected chi connectivity index (χ1v) is 7.93. The molecule has 112 valence electrons. The molecule has 20 heavy (non-hydrogen) atoms. The van der Waals surface area contributed by atoms with E-state index in [1.807, 2.05) is 13.0 Å². The first-order chi connectivity index (χ1) is 9.56. The van der Waals surface area contributed by atoms with Crippen molar-refractivity contribution in [2.24, 2.45) is 11.8 Å². The first kappa shape index (κ1) is 15.1. The monoisotopic (exact) mass is 276 g/mol. The molecule has 1 heterocycles. The van der Waals surface area contributed by atoms with E-state index in [0.717, 1.165) is 42.3 Å². The molecule has 1 aromatic rings. The van der Waals surface area contributed by atoms with Crippen molar-refractivity contribution >= 4 is 11.6 Å². The molecule has 1 fully saturated rings. The Kier molecular flexibility index (Phi) is 5.21. The SMILES string of the molecule is CCCNc1cc(NC2CC(C)CC(C)C2)nc(C)n1. The maximum Gasteiger partial charge on any atom is 0.132 e. The van der Waals surface area contributed by atoms with Gasteiger partial charge in [0.05, 0.1) is 0 Å². The molecule has 2 N–H and O–H groups in total. The zero-order chi connectivity index (χ0) is 14.5. The lowest BCUT2D eigenvalue weighted by atomic mass is 9.80. The molecule has 0 aliphatic heterocycles. The molecule has 1 aliphatic rings. The molecule has 1 aliphatic carbocycles. The Morgan fingerprint density at radius 1 is 1.10 bits per heavy atom. The molecule has 2 atom stereocenters. The number of hydrogen-bond donors (Lipinski definition) is 2. The smallest absolute Gasteiger partial charge is 0.132 e. The van der Waals surface area contributed by atoms with Gasteiger partial charge in [-0.25, -0.2) is 9.97 Å². The Morgan fingerprint density at radius 3 is 2.40 bits per heavy atom. The zero-order valence-electron chi connectivity index (χ0n) is 13.2. The quantitative estimate of drug-likeness (QED) is 0.858. The van der Waals surface area contributed by atoms with E-state index in [9.17, 15) is 0 Å². The van der Waals surface area contributed by atoms with Crippen molar-refractivity contribution in [1.29, 1.82) is 0 Å². The highest BCUT2D eigenvalue weighted by atomic mass is 15.1. The number of hydrogen-bond acceptors (Lipinski definition) is 4. The van der Waals surface area contributed by atoms with Crippen LogP contribution in [-0.2, 0) is 0 Å². The van der Waals surface area contributed by atoms with Crippen LogP contribution in [0.3, 0.4) is 0 Å². The summed E-state index contributed by atoms with van der Waals surface area (Å²) < 4.78 is 0. The van der Waals surface area contributed by atoms with Crippen LogP contribution in [0, 0.1) is 18.8 Å². The minimum absolute atomic E-state index is 0.544. The normalized spacial score (nSPS) is 26.3. The van der Waals surface area contributed by atoms with E-state index >= 15 is 0 Å². The van der Waals surface area contributed by atoms with Gasteiger partial charge in [0.25, 0.3) is 0 Å². The lowest BCUT2D eigenvalue weighted by Gasteiger charge is -2.32. The molecule has 4 heteroatoms. The van der Waals surface area contributed by atoms with Crippen molar-refractivity contribution in [3.63, 3.8) is 0 Å². The summed E-state index contributed by atoms with van der Waals surface area (Å²) in [5.74, 6) is 4.32. The number of aromatic nitrogens is 2. The second kappa shape index (κ2) is 6.91. The molecule has 1 saturated carbocycles. The molecule has 1 aromatic heterocycles. The third kappa shape index (κ3) is 4.36. The molecule has 0 amide bonds. The Morgan fingerprint density at radius 2 is 1.75 bits per heavy atom. The van der Waals surface area contributed by atoms with Crippen molar-refractivity contribution in [2.45, 2.75) is 59.4 Å². The summed E-state index contributed by atoms with van der Waals surface area (Å²) in [5.41, 5.74) is 0. The predicted molar refractivity (Wildman–Crippen MR) is 85.1 cm³/mol. The first-order valence-electron chi connectivity index (χ1n) is 7.93. The van der Waals surface area contributed by atoms with E-state index in [4.69, 9.17) is 0 Å². The molecule has 4 nitrogen and oxygen atoms in total. The van der Waals surface area contributed by atoms with Crippen molar-refractivity contribution in [3.05, 3.63) is 11.9 Å². The van der Waals surface area contributed by atoms with Gasteiger partial charge in [-0.2, -0.15) is 0 Å². The van der Waals surface area contributed by atoms with Crippen LogP contribution in [0.15, 0.2) is 6.07 Å². The van der Waals surface area contributed by atoms with Gasteiger partial charge >= 0.3 is 0 Å². The van der Waals surface area contributed by atoms with E-state index in [2.05, 4.69) is 41.4 Å². The highest BCUT2D eigenvalue weighted by molar-refractivity contribution is 5.48. The molecule has 0 radical (unpaired) electrons. The molecular formula is C16H28N4. The van der Waals surface area contributed by atoms with E-state index in [0.29, 0.717) is 6.04 Å². The van der Waals surface area contributed by atoms with Gasteiger partial charge < -0.3 is 10.6 Å². The number of anilines is 2. The second-order valence-corrected chi connectivity index (χ2v) is 6.37. The Balaban J connectivity index is 2.02. The van der Waals surface area contributed by atoms with Crippen LogP contribution in [0.5, 0.6) is 0 Å². The molecular weight excluding hydrogens is 248 g/mol. The highest BCUT2D eigenvalue weighted by Crippen LogP contribution is 2.30. The van der Waals surface area contributed by atoms with Gasteiger partial charge in [0.2, 0.25) is 0 Å². The summed E-state index contributed by atoms with van der Waals surface area (Å²) in [6, 6.07) is 2.58. The van der Waals surface area contributed by atoms with Gasteiger partial charge in [-0.3, -0.25) is 0 Å². The Bertz CT molecular complexity index is 422. The predicted octanol–water partition coefficient (Wildman–Crippen LogP) is 3.84. The fraction of sp³-hybridized carbons (Fsp3) is 0.750. The maximum absolute atomic E-state index is 4.52. The maximum atomic E-state index is 4.52. The van der Waals surface area contributed by atoms with Crippen molar-refractivity contribution in [3.8, 4) is 0 Å². The van der Waals surface area contributed by atoms with Gasteiger partial charge in [-0.05, 0) is 44.4 Å². The summed E-state index contributed by atoms with van der Waals surface area (Å²) in [4.78, 5) is 8.96. The summed E-state index contributed by atoms with van der Waals surface area (Å²) in [6.45, 7) is 9.76. The van der Waals surface area contributed by atoms with Crippen LogP contribution in [0.1, 0.15) is 52.3 Å². The summed E-state index contributed by atoms with van der Waals surface area (Å²) >= 11 is 0. The van der Waals surface area contributed by atoms with E-state index in [-0.39, 0.29) is 0 Å². The molecule has 2 rings (SSSR count). The number of nitrogens with zero attached hydrogens (tertiary/aromatic N) is 2. The molecule has 0 bridgehead atoms. The molecule has 0 saturated heterocycles. The fourth-order valence-corrected chi connectivity index (χ4v) is 3.26. The minimum Gasteiger partial charge on any atom is -0.370 e. The zero-order valence-corrected chi connectivity index (χ0v) is 13.2. The molecule has 0 aromatic carbocycles. The van der Waals surface area contributed by atoms with Crippen molar-refractivity contribution in [2.75, 3.05) is 17.2 Å². The number of nitrogens with one attached hydrogen (secondary N) is 2. The second-order valence-electron chi connectivity index (χ2n) is 6.37. The fourth-order valence-electron chi connectivity index (χ4n) is 3.26. The van der Waals surface area contributed by atoms with Gasteiger partial charge in [-0.15, -0.1) is 0 Å². The average Bonchev–Trinajstić information content (AvgIpc) is 2.34. The van der Waals surface area contributed by atoms with Crippen molar-refractivity contribution < 1.29 is 0 Å². The van der Waals surface area contributed by atoms with Gasteiger partial charge in [0.1, 0.15) is 17.5 Å². The van der Waals surface area contributed by atoms with Crippen LogP contribution in [0.25, 0.3) is 0 Å². The molecule has 0 spiro atoms. The lowest BCUT2D eigenvalue weighted by molar-refractivity contribution is 0.280. The van der Waals surface area contributed by atoms with Crippen LogP contribution >= 0.6 is 0 Å². The van der Waals surface area contributed by atoms with E-state index in [1.54, 1.807) is 0 Å². The topological polar surface area (TPSA) is 49.8 Å². The third-order valence-electron chi connectivity index (χ3n) is 3.92. The van der Waals surface area contributed by atoms with Crippen LogP contribution < -0.4 is 10.6 Å². The molecule has 2 unspecified atom stereocenters.